The Morgan fingerprint density at radius 3 is 2.73 bits per heavy atom. The maximum atomic E-state index is 12.6. The highest BCUT2D eigenvalue weighted by molar-refractivity contribution is 5.78. The van der Waals surface area contributed by atoms with Gasteiger partial charge in [-0.25, -0.2) is 0 Å². The maximum Gasteiger partial charge on any atom is 0.223 e. The van der Waals surface area contributed by atoms with E-state index in [1.807, 2.05) is 6.07 Å². The number of aryl methyl sites for hydroxylation is 1. The number of hydrogen-bond acceptors (Lipinski definition) is 2. The Morgan fingerprint density at radius 2 is 1.92 bits per heavy atom. The largest absolute Gasteiger partial charge is 0.356 e. The van der Waals surface area contributed by atoms with Gasteiger partial charge in [-0.1, -0.05) is 61.5 Å². The number of nitrogens with one attached hydrogen (secondary N) is 2. The van der Waals surface area contributed by atoms with E-state index in [9.17, 15) is 4.79 Å². The van der Waals surface area contributed by atoms with Crippen LogP contribution in [0.1, 0.15) is 48.9 Å². The molecule has 2 unspecified atom stereocenters. The molecule has 0 aliphatic carbocycles. The zero-order valence-electron chi connectivity index (χ0n) is 15.7. The van der Waals surface area contributed by atoms with E-state index in [1.165, 1.54) is 16.7 Å². The van der Waals surface area contributed by atoms with Crippen LogP contribution in [0.3, 0.4) is 0 Å². The van der Waals surface area contributed by atoms with Crippen molar-refractivity contribution in [3.63, 3.8) is 0 Å². The van der Waals surface area contributed by atoms with Crippen LogP contribution in [0.4, 0.5) is 0 Å². The quantitative estimate of drug-likeness (QED) is 0.754. The molecule has 3 rings (SSSR count). The summed E-state index contributed by atoms with van der Waals surface area (Å²) in [7, 11) is 0. The van der Waals surface area contributed by atoms with Crippen LogP contribution in [-0.4, -0.2) is 19.0 Å². The van der Waals surface area contributed by atoms with Gasteiger partial charge in [-0.3, -0.25) is 4.79 Å². The first kappa shape index (κ1) is 18.7. The molecule has 0 aromatic heterocycles. The third kappa shape index (κ3) is 4.95. The summed E-state index contributed by atoms with van der Waals surface area (Å²) < 4.78 is 0. The van der Waals surface area contributed by atoms with E-state index in [1.54, 1.807) is 0 Å². The summed E-state index contributed by atoms with van der Waals surface area (Å²) in [6.07, 6.45) is 4.80. The van der Waals surface area contributed by atoms with Gasteiger partial charge in [0.05, 0.1) is 0 Å². The summed E-state index contributed by atoms with van der Waals surface area (Å²) in [4.78, 5) is 12.6. The molecule has 2 atom stereocenters. The van der Waals surface area contributed by atoms with Crippen LogP contribution < -0.4 is 10.6 Å². The second-order valence-electron chi connectivity index (χ2n) is 7.16. The summed E-state index contributed by atoms with van der Waals surface area (Å²) in [5.41, 5.74) is 4.14. The van der Waals surface area contributed by atoms with Crippen molar-refractivity contribution in [3.8, 4) is 0 Å². The molecule has 26 heavy (non-hydrogen) atoms. The first-order chi connectivity index (χ1) is 12.8. The van der Waals surface area contributed by atoms with Crippen molar-refractivity contribution >= 4 is 5.91 Å². The number of rotatable bonds is 8. The van der Waals surface area contributed by atoms with Gasteiger partial charge in [-0.2, -0.15) is 0 Å². The molecule has 0 saturated carbocycles. The highest BCUT2D eigenvalue weighted by Crippen LogP contribution is 2.24. The summed E-state index contributed by atoms with van der Waals surface area (Å²) in [6.45, 7) is 3.85. The average molecular weight is 351 g/mol. The van der Waals surface area contributed by atoms with Gasteiger partial charge >= 0.3 is 0 Å². The molecule has 2 aromatic rings. The number of hydrogen-bond donors (Lipinski definition) is 2. The van der Waals surface area contributed by atoms with E-state index in [-0.39, 0.29) is 11.8 Å². The average Bonchev–Trinajstić information content (AvgIpc) is 2.69. The molecular formula is C23H30N2O. The maximum absolute atomic E-state index is 12.6. The molecular weight excluding hydrogens is 320 g/mol. The summed E-state index contributed by atoms with van der Waals surface area (Å²) in [6, 6.07) is 19.4. The van der Waals surface area contributed by atoms with E-state index < -0.39 is 0 Å². The molecule has 2 aromatic carbocycles. The Morgan fingerprint density at radius 1 is 1.15 bits per heavy atom. The van der Waals surface area contributed by atoms with Gasteiger partial charge in [-0.05, 0) is 55.3 Å². The van der Waals surface area contributed by atoms with Gasteiger partial charge < -0.3 is 10.6 Å². The van der Waals surface area contributed by atoms with Crippen LogP contribution in [0.25, 0.3) is 0 Å². The second-order valence-corrected chi connectivity index (χ2v) is 7.16. The SMILES string of the molecule is CCC(CCc1ccccc1)C(=O)NCCC1NCCc2ccccc21. The van der Waals surface area contributed by atoms with E-state index in [0.29, 0.717) is 6.04 Å². The third-order valence-corrected chi connectivity index (χ3v) is 5.44. The van der Waals surface area contributed by atoms with Crippen molar-refractivity contribution < 1.29 is 4.79 Å². The van der Waals surface area contributed by atoms with Crippen LogP contribution in [0.2, 0.25) is 0 Å². The molecule has 0 fully saturated rings. The summed E-state index contributed by atoms with van der Waals surface area (Å²) in [5, 5.41) is 6.76. The number of amides is 1. The van der Waals surface area contributed by atoms with Gasteiger partial charge in [0, 0.05) is 18.5 Å². The Balaban J connectivity index is 1.46. The Hall–Kier alpha value is -2.13. The van der Waals surface area contributed by atoms with Crippen molar-refractivity contribution in [3.05, 3.63) is 71.3 Å². The van der Waals surface area contributed by atoms with Crippen molar-refractivity contribution in [2.75, 3.05) is 13.1 Å². The van der Waals surface area contributed by atoms with Crippen molar-refractivity contribution in [1.29, 1.82) is 0 Å². The zero-order chi connectivity index (χ0) is 18.2. The van der Waals surface area contributed by atoms with Crippen LogP contribution in [0.5, 0.6) is 0 Å². The predicted molar refractivity (Wildman–Crippen MR) is 107 cm³/mol. The highest BCUT2D eigenvalue weighted by atomic mass is 16.1. The van der Waals surface area contributed by atoms with Crippen LogP contribution in [-0.2, 0) is 17.6 Å². The van der Waals surface area contributed by atoms with Gasteiger partial charge in [0.15, 0.2) is 0 Å². The fourth-order valence-electron chi connectivity index (χ4n) is 3.84. The molecule has 1 aliphatic heterocycles. The fourth-order valence-corrected chi connectivity index (χ4v) is 3.84. The minimum Gasteiger partial charge on any atom is -0.356 e. The molecule has 2 N–H and O–H groups in total. The molecule has 1 aliphatic rings. The Bertz CT molecular complexity index is 698. The summed E-state index contributed by atoms with van der Waals surface area (Å²) in [5.74, 6) is 0.300. The lowest BCUT2D eigenvalue weighted by molar-refractivity contribution is -0.125. The molecule has 138 valence electrons. The number of carbonyl (C=O) groups excluding carboxylic acids is 1. The Kier molecular flexibility index (Phi) is 6.84. The van der Waals surface area contributed by atoms with E-state index in [0.717, 1.165) is 45.2 Å². The third-order valence-electron chi connectivity index (χ3n) is 5.44. The van der Waals surface area contributed by atoms with E-state index >= 15 is 0 Å². The van der Waals surface area contributed by atoms with Gasteiger partial charge in [0.2, 0.25) is 5.91 Å². The molecule has 0 saturated heterocycles. The van der Waals surface area contributed by atoms with E-state index in [2.05, 4.69) is 66.1 Å². The number of benzene rings is 2. The minimum absolute atomic E-state index is 0.0989. The van der Waals surface area contributed by atoms with Crippen LogP contribution >= 0.6 is 0 Å². The normalized spacial score (nSPS) is 17.3. The van der Waals surface area contributed by atoms with Gasteiger partial charge in [0.25, 0.3) is 0 Å². The van der Waals surface area contributed by atoms with Crippen molar-refractivity contribution in [2.24, 2.45) is 5.92 Å². The highest BCUT2D eigenvalue weighted by Gasteiger charge is 2.20. The van der Waals surface area contributed by atoms with Crippen LogP contribution in [0, 0.1) is 5.92 Å². The first-order valence-corrected chi connectivity index (χ1v) is 9.90. The molecule has 0 spiro atoms. The van der Waals surface area contributed by atoms with Crippen molar-refractivity contribution in [1.82, 2.24) is 10.6 Å². The lowest BCUT2D eigenvalue weighted by Crippen LogP contribution is -2.35. The van der Waals surface area contributed by atoms with Gasteiger partial charge in [-0.15, -0.1) is 0 Å². The van der Waals surface area contributed by atoms with E-state index in [4.69, 9.17) is 0 Å². The lowest BCUT2D eigenvalue weighted by Gasteiger charge is -2.27. The molecule has 1 heterocycles. The summed E-state index contributed by atoms with van der Waals surface area (Å²) >= 11 is 0. The smallest absolute Gasteiger partial charge is 0.223 e. The molecule has 3 heteroatoms. The Labute approximate surface area is 157 Å². The predicted octanol–water partition coefficient (Wildman–Crippen LogP) is 4.04. The number of fused-ring (bicyclic) bond motifs is 1. The second kappa shape index (κ2) is 9.54. The lowest BCUT2D eigenvalue weighted by atomic mass is 9.92. The topological polar surface area (TPSA) is 41.1 Å². The zero-order valence-corrected chi connectivity index (χ0v) is 15.7. The van der Waals surface area contributed by atoms with Gasteiger partial charge in [0.1, 0.15) is 0 Å². The molecule has 3 nitrogen and oxygen atoms in total. The fraction of sp³-hybridized carbons (Fsp3) is 0.435. The molecule has 1 amide bonds. The number of carbonyl (C=O) groups is 1. The molecule has 0 radical (unpaired) electrons. The molecule has 0 bridgehead atoms. The minimum atomic E-state index is 0.0989. The standard InChI is InChI=1S/C23H30N2O/c1-2-19(13-12-18-8-4-3-5-9-18)23(26)25-17-15-22-21-11-7-6-10-20(21)14-16-24-22/h3-11,19,22,24H,2,12-17H2,1H3,(H,25,26). The first-order valence-electron chi connectivity index (χ1n) is 9.90. The van der Waals surface area contributed by atoms with Crippen molar-refractivity contribution in [2.45, 2.75) is 45.1 Å². The van der Waals surface area contributed by atoms with Crippen LogP contribution in [0.15, 0.2) is 54.6 Å². The monoisotopic (exact) mass is 350 g/mol.